The molecule has 0 bridgehead atoms. The van der Waals surface area contributed by atoms with E-state index < -0.39 is 0 Å². The number of hydrogen-bond donors (Lipinski definition) is 1. The van der Waals surface area contributed by atoms with E-state index in [0.717, 1.165) is 12.8 Å². The zero-order valence-electron chi connectivity index (χ0n) is 9.81. The average molecular weight is 236 g/mol. The Morgan fingerprint density at radius 1 is 1.47 bits per heavy atom. The second-order valence-electron chi connectivity index (χ2n) is 3.97. The molecule has 0 aliphatic carbocycles. The molecule has 0 spiro atoms. The van der Waals surface area contributed by atoms with Crippen LogP contribution in [-0.4, -0.2) is 31.2 Å². The second-order valence-corrected chi connectivity index (χ2v) is 3.97. The predicted molar refractivity (Wildman–Crippen MR) is 63.0 cm³/mol. The molecule has 1 fully saturated rings. The van der Waals surface area contributed by atoms with E-state index in [1.807, 2.05) is 0 Å². The van der Waals surface area contributed by atoms with Crippen molar-refractivity contribution in [2.45, 2.75) is 12.8 Å². The standard InChI is InChI=1S/C12H16N2O3/c1-16-11-3-2-10(8-13-11)14-12(15)9-4-6-17-7-5-9/h2-3,8-9H,4-7H2,1H3,(H,14,15). The third-order valence-corrected chi connectivity index (χ3v) is 2.81. The van der Waals surface area contributed by atoms with E-state index in [1.165, 1.54) is 0 Å². The summed E-state index contributed by atoms with van der Waals surface area (Å²) in [6, 6.07) is 3.50. The fourth-order valence-corrected chi connectivity index (χ4v) is 1.78. The molecule has 92 valence electrons. The van der Waals surface area contributed by atoms with Crippen LogP contribution < -0.4 is 10.1 Å². The molecule has 0 unspecified atom stereocenters. The van der Waals surface area contributed by atoms with Gasteiger partial charge in [0.15, 0.2) is 0 Å². The number of nitrogens with zero attached hydrogens (tertiary/aromatic N) is 1. The van der Waals surface area contributed by atoms with Crippen molar-refractivity contribution in [2.24, 2.45) is 5.92 Å². The van der Waals surface area contributed by atoms with Crippen molar-refractivity contribution in [3.8, 4) is 5.88 Å². The molecule has 1 aliphatic heterocycles. The molecule has 1 aromatic rings. The molecule has 1 amide bonds. The molecule has 5 nitrogen and oxygen atoms in total. The minimum absolute atomic E-state index is 0.0419. The summed E-state index contributed by atoms with van der Waals surface area (Å²) in [4.78, 5) is 15.9. The van der Waals surface area contributed by atoms with Crippen LogP contribution in [0.4, 0.5) is 5.69 Å². The summed E-state index contributed by atoms with van der Waals surface area (Å²) in [5.41, 5.74) is 0.697. The minimum atomic E-state index is 0.0419. The van der Waals surface area contributed by atoms with Gasteiger partial charge >= 0.3 is 0 Å². The molecule has 17 heavy (non-hydrogen) atoms. The highest BCUT2D eigenvalue weighted by molar-refractivity contribution is 5.92. The summed E-state index contributed by atoms with van der Waals surface area (Å²) in [6.07, 6.45) is 3.17. The molecule has 1 aliphatic rings. The molecular formula is C12H16N2O3. The third-order valence-electron chi connectivity index (χ3n) is 2.81. The van der Waals surface area contributed by atoms with Crippen LogP contribution in [0.25, 0.3) is 0 Å². The SMILES string of the molecule is COc1ccc(NC(=O)C2CCOCC2)cn1. The fourth-order valence-electron chi connectivity index (χ4n) is 1.78. The zero-order valence-corrected chi connectivity index (χ0v) is 9.81. The summed E-state index contributed by atoms with van der Waals surface area (Å²) in [6.45, 7) is 1.33. The topological polar surface area (TPSA) is 60.5 Å². The van der Waals surface area contributed by atoms with E-state index >= 15 is 0 Å². The van der Waals surface area contributed by atoms with E-state index in [1.54, 1.807) is 25.4 Å². The quantitative estimate of drug-likeness (QED) is 0.863. The number of rotatable bonds is 3. The zero-order chi connectivity index (χ0) is 12.1. The van der Waals surface area contributed by atoms with Crippen LogP contribution in [-0.2, 0) is 9.53 Å². The first kappa shape index (κ1) is 11.9. The minimum Gasteiger partial charge on any atom is -0.481 e. The number of ether oxygens (including phenoxy) is 2. The van der Waals surface area contributed by atoms with Crippen LogP contribution in [0.15, 0.2) is 18.3 Å². The molecular weight excluding hydrogens is 220 g/mol. The van der Waals surface area contributed by atoms with Gasteiger partial charge in [-0.3, -0.25) is 4.79 Å². The van der Waals surface area contributed by atoms with Gasteiger partial charge in [0.25, 0.3) is 0 Å². The Labute approximate surface area is 100 Å². The number of carbonyl (C=O) groups is 1. The molecule has 1 aromatic heterocycles. The number of amides is 1. The summed E-state index contributed by atoms with van der Waals surface area (Å²) in [7, 11) is 1.56. The highest BCUT2D eigenvalue weighted by Gasteiger charge is 2.21. The van der Waals surface area contributed by atoms with Gasteiger partial charge in [-0.05, 0) is 18.9 Å². The second kappa shape index (κ2) is 5.63. The molecule has 0 saturated carbocycles. The van der Waals surface area contributed by atoms with Crippen molar-refractivity contribution in [1.82, 2.24) is 4.98 Å². The number of carbonyl (C=O) groups excluding carboxylic acids is 1. The van der Waals surface area contributed by atoms with Crippen LogP contribution in [0, 0.1) is 5.92 Å². The lowest BCUT2D eigenvalue weighted by atomic mass is 9.99. The molecule has 0 atom stereocenters. The van der Waals surface area contributed by atoms with Crippen LogP contribution in [0.3, 0.4) is 0 Å². The number of methoxy groups -OCH3 is 1. The van der Waals surface area contributed by atoms with E-state index in [4.69, 9.17) is 9.47 Å². The lowest BCUT2D eigenvalue weighted by Crippen LogP contribution is -2.28. The first-order chi connectivity index (χ1) is 8.29. The average Bonchev–Trinajstić information content (AvgIpc) is 2.40. The Hall–Kier alpha value is -1.62. The number of anilines is 1. The largest absolute Gasteiger partial charge is 0.481 e. The number of nitrogens with one attached hydrogen (secondary N) is 1. The molecule has 5 heteroatoms. The van der Waals surface area contributed by atoms with Gasteiger partial charge < -0.3 is 14.8 Å². The first-order valence-electron chi connectivity index (χ1n) is 5.68. The highest BCUT2D eigenvalue weighted by atomic mass is 16.5. The van der Waals surface area contributed by atoms with Gasteiger partial charge in [0.05, 0.1) is 19.0 Å². The normalized spacial score (nSPS) is 16.5. The van der Waals surface area contributed by atoms with Crippen molar-refractivity contribution in [2.75, 3.05) is 25.6 Å². The van der Waals surface area contributed by atoms with Crippen molar-refractivity contribution in [1.29, 1.82) is 0 Å². The van der Waals surface area contributed by atoms with E-state index in [-0.39, 0.29) is 11.8 Å². The smallest absolute Gasteiger partial charge is 0.227 e. The van der Waals surface area contributed by atoms with Crippen molar-refractivity contribution in [3.05, 3.63) is 18.3 Å². The predicted octanol–water partition coefficient (Wildman–Crippen LogP) is 1.46. The molecule has 0 aromatic carbocycles. The summed E-state index contributed by atoms with van der Waals surface area (Å²) >= 11 is 0. The van der Waals surface area contributed by atoms with Gasteiger partial charge in [-0.25, -0.2) is 4.98 Å². The van der Waals surface area contributed by atoms with Gasteiger partial charge in [0, 0.05) is 25.2 Å². The van der Waals surface area contributed by atoms with Gasteiger partial charge in [-0.1, -0.05) is 0 Å². The molecule has 1 saturated heterocycles. The number of pyridine rings is 1. The fraction of sp³-hybridized carbons (Fsp3) is 0.500. The Kier molecular flexibility index (Phi) is 3.93. The molecule has 2 heterocycles. The maximum absolute atomic E-state index is 11.9. The third kappa shape index (κ3) is 3.17. The lowest BCUT2D eigenvalue weighted by molar-refractivity contribution is -0.122. The Balaban J connectivity index is 1.92. The molecule has 0 radical (unpaired) electrons. The van der Waals surface area contributed by atoms with E-state index in [2.05, 4.69) is 10.3 Å². The highest BCUT2D eigenvalue weighted by Crippen LogP contribution is 2.18. The van der Waals surface area contributed by atoms with Gasteiger partial charge in [-0.15, -0.1) is 0 Å². The maximum Gasteiger partial charge on any atom is 0.227 e. The van der Waals surface area contributed by atoms with Crippen LogP contribution in [0.5, 0.6) is 5.88 Å². The Bertz CT molecular complexity index is 372. The Morgan fingerprint density at radius 2 is 2.24 bits per heavy atom. The van der Waals surface area contributed by atoms with Crippen molar-refractivity contribution < 1.29 is 14.3 Å². The van der Waals surface area contributed by atoms with Crippen LogP contribution in [0.2, 0.25) is 0 Å². The van der Waals surface area contributed by atoms with Crippen LogP contribution >= 0.6 is 0 Å². The summed E-state index contributed by atoms with van der Waals surface area (Å²) in [5, 5.41) is 2.85. The van der Waals surface area contributed by atoms with Gasteiger partial charge in [-0.2, -0.15) is 0 Å². The lowest BCUT2D eigenvalue weighted by Gasteiger charge is -2.21. The summed E-state index contributed by atoms with van der Waals surface area (Å²) in [5.74, 6) is 0.625. The summed E-state index contributed by atoms with van der Waals surface area (Å²) < 4.78 is 10.2. The molecule has 1 N–H and O–H groups in total. The number of hydrogen-bond acceptors (Lipinski definition) is 4. The van der Waals surface area contributed by atoms with Gasteiger partial charge in [0.1, 0.15) is 0 Å². The van der Waals surface area contributed by atoms with Crippen molar-refractivity contribution >= 4 is 11.6 Å². The van der Waals surface area contributed by atoms with E-state index in [9.17, 15) is 4.79 Å². The first-order valence-corrected chi connectivity index (χ1v) is 5.68. The molecule has 2 rings (SSSR count). The van der Waals surface area contributed by atoms with E-state index in [0.29, 0.717) is 24.8 Å². The Morgan fingerprint density at radius 3 is 2.82 bits per heavy atom. The maximum atomic E-state index is 11.9. The van der Waals surface area contributed by atoms with Crippen molar-refractivity contribution in [3.63, 3.8) is 0 Å². The number of aromatic nitrogens is 1. The monoisotopic (exact) mass is 236 g/mol. The van der Waals surface area contributed by atoms with Gasteiger partial charge in [0.2, 0.25) is 11.8 Å². The van der Waals surface area contributed by atoms with Crippen LogP contribution in [0.1, 0.15) is 12.8 Å².